The van der Waals surface area contributed by atoms with E-state index in [1.807, 2.05) is 60.9 Å². The number of hydrogen-bond donors (Lipinski definition) is 0. The van der Waals surface area contributed by atoms with Gasteiger partial charge in [0.05, 0.1) is 0 Å². The zero-order valence-corrected chi connectivity index (χ0v) is 22.6. The highest BCUT2D eigenvalue weighted by Gasteiger charge is 2.17. The Hall–Kier alpha value is -5.74. The molecular formula is C38H24N4. The number of rotatable bonds is 4. The molecule has 0 spiro atoms. The summed E-state index contributed by atoms with van der Waals surface area (Å²) in [5.41, 5.74) is 5.04. The average molecular weight is 537 g/mol. The second-order valence-electron chi connectivity index (χ2n) is 10.3. The first-order chi connectivity index (χ1) is 20.8. The third kappa shape index (κ3) is 4.18. The number of nitrogens with zero attached hydrogens (tertiary/aromatic N) is 4. The minimum absolute atomic E-state index is 0.637. The van der Waals surface area contributed by atoms with E-state index in [0.717, 1.165) is 38.6 Å². The molecule has 4 heteroatoms. The molecule has 0 aliphatic rings. The Bertz CT molecular complexity index is 2240. The molecule has 42 heavy (non-hydrogen) atoms. The molecule has 2 heterocycles. The van der Waals surface area contributed by atoms with Crippen molar-refractivity contribution in [2.24, 2.45) is 0 Å². The van der Waals surface area contributed by atoms with E-state index in [4.69, 9.17) is 15.0 Å². The van der Waals surface area contributed by atoms with Crippen LogP contribution in [-0.2, 0) is 0 Å². The van der Waals surface area contributed by atoms with E-state index >= 15 is 0 Å². The lowest BCUT2D eigenvalue weighted by molar-refractivity contribution is 1.08. The molecule has 196 valence electrons. The van der Waals surface area contributed by atoms with Crippen LogP contribution in [0.4, 0.5) is 0 Å². The van der Waals surface area contributed by atoms with Crippen molar-refractivity contribution in [1.82, 2.24) is 19.9 Å². The molecule has 0 fully saturated rings. The lowest BCUT2D eigenvalue weighted by Crippen LogP contribution is -2.01. The molecular weight excluding hydrogens is 512 g/mol. The van der Waals surface area contributed by atoms with Gasteiger partial charge in [0.1, 0.15) is 0 Å². The lowest BCUT2D eigenvalue weighted by atomic mass is 9.93. The smallest absolute Gasteiger partial charge is 0.164 e. The van der Waals surface area contributed by atoms with Crippen molar-refractivity contribution in [3.63, 3.8) is 0 Å². The molecule has 4 nitrogen and oxygen atoms in total. The quantitative estimate of drug-likeness (QED) is 0.210. The van der Waals surface area contributed by atoms with Gasteiger partial charge in [0.15, 0.2) is 17.5 Å². The number of hydrogen-bond acceptors (Lipinski definition) is 4. The van der Waals surface area contributed by atoms with Gasteiger partial charge >= 0.3 is 0 Å². The Kier molecular flexibility index (Phi) is 5.75. The van der Waals surface area contributed by atoms with E-state index in [1.165, 1.54) is 21.5 Å². The van der Waals surface area contributed by atoms with Crippen molar-refractivity contribution in [3.8, 4) is 45.3 Å². The third-order valence-electron chi connectivity index (χ3n) is 7.79. The van der Waals surface area contributed by atoms with Crippen molar-refractivity contribution < 1.29 is 0 Å². The molecule has 0 aliphatic heterocycles. The van der Waals surface area contributed by atoms with Gasteiger partial charge in [-0.2, -0.15) is 0 Å². The van der Waals surface area contributed by atoms with Crippen LogP contribution in [0.5, 0.6) is 0 Å². The van der Waals surface area contributed by atoms with Crippen LogP contribution in [0.15, 0.2) is 146 Å². The molecule has 6 aromatic carbocycles. The summed E-state index contributed by atoms with van der Waals surface area (Å²) in [4.78, 5) is 19.3. The summed E-state index contributed by atoms with van der Waals surface area (Å²) in [5.74, 6) is 1.93. The van der Waals surface area contributed by atoms with Crippen LogP contribution in [0.2, 0.25) is 0 Å². The predicted molar refractivity (Wildman–Crippen MR) is 172 cm³/mol. The van der Waals surface area contributed by atoms with E-state index in [0.29, 0.717) is 17.5 Å². The monoisotopic (exact) mass is 536 g/mol. The zero-order chi connectivity index (χ0) is 27.9. The minimum atomic E-state index is 0.637. The maximum atomic E-state index is 5.12. The molecule has 0 radical (unpaired) electrons. The fourth-order valence-corrected chi connectivity index (χ4v) is 5.79. The lowest BCUT2D eigenvalue weighted by Gasteiger charge is -2.14. The van der Waals surface area contributed by atoms with Crippen LogP contribution in [0.25, 0.3) is 77.6 Å². The Morgan fingerprint density at radius 1 is 0.357 bits per heavy atom. The number of pyridine rings is 1. The van der Waals surface area contributed by atoms with E-state index in [2.05, 4.69) is 89.9 Å². The Labute approximate surface area is 243 Å². The normalized spacial score (nSPS) is 11.3. The Balaban J connectivity index is 1.40. The largest absolute Gasteiger partial charge is 0.265 e. The van der Waals surface area contributed by atoms with E-state index in [9.17, 15) is 0 Å². The number of fused-ring (bicyclic) bond motifs is 5. The molecule has 0 atom stereocenters. The van der Waals surface area contributed by atoms with Gasteiger partial charge in [-0.25, -0.2) is 15.0 Å². The van der Waals surface area contributed by atoms with Crippen LogP contribution >= 0.6 is 0 Å². The maximum Gasteiger partial charge on any atom is 0.164 e. The fraction of sp³-hybridized carbons (Fsp3) is 0. The van der Waals surface area contributed by atoms with Crippen LogP contribution < -0.4 is 0 Å². The van der Waals surface area contributed by atoms with Gasteiger partial charge in [-0.15, -0.1) is 0 Å². The molecule has 2 aromatic heterocycles. The van der Waals surface area contributed by atoms with Crippen LogP contribution in [0.3, 0.4) is 0 Å². The Morgan fingerprint density at radius 3 is 1.81 bits per heavy atom. The molecule has 0 aliphatic carbocycles. The molecule has 8 rings (SSSR count). The fourth-order valence-electron chi connectivity index (χ4n) is 5.79. The van der Waals surface area contributed by atoms with Gasteiger partial charge in [0.25, 0.3) is 0 Å². The molecule has 0 N–H and O–H groups in total. The SMILES string of the molecule is c1ccc(-c2nc(-c3cccc(-c4ccncc4)c3)nc(-c3cc4ccc5ccccc5c4c4ccccc34)n2)cc1. The van der Waals surface area contributed by atoms with Crippen molar-refractivity contribution in [2.45, 2.75) is 0 Å². The summed E-state index contributed by atoms with van der Waals surface area (Å²) >= 11 is 0. The molecule has 8 aromatic rings. The van der Waals surface area contributed by atoms with Gasteiger partial charge in [-0.1, -0.05) is 109 Å². The molecule has 0 unspecified atom stereocenters. The van der Waals surface area contributed by atoms with Gasteiger partial charge in [-0.05, 0) is 67.7 Å². The summed E-state index contributed by atoms with van der Waals surface area (Å²) in [7, 11) is 0. The third-order valence-corrected chi connectivity index (χ3v) is 7.79. The summed E-state index contributed by atoms with van der Waals surface area (Å²) in [5, 5.41) is 7.17. The van der Waals surface area contributed by atoms with Gasteiger partial charge in [0, 0.05) is 29.1 Å². The van der Waals surface area contributed by atoms with Gasteiger partial charge in [0.2, 0.25) is 0 Å². The van der Waals surface area contributed by atoms with Crippen molar-refractivity contribution in [3.05, 3.63) is 146 Å². The molecule has 0 saturated carbocycles. The summed E-state index contributed by atoms with van der Waals surface area (Å²) in [6.45, 7) is 0. The van der Waals surface area contributed by atoms with Crippen molar-refractivity contribution in [2.75, 3.05) is 0 Å². The number of aromatic nitrogens is 4. The van der Waals surface area contributed by atoms with E-state index in [1.54, 1.807) is 0 Å². The first kappa shape index (κ1) is 24.1. The highest BCUT2D eigenvalue weighted by Crippen LogP contribution is 2.38. The predicted octanol–water partition coefficient (Wildman–Crippen LogP) is 9.39. The first-order valence-electron chi connectivity index (χ1n) is 14.0. The summed E-state index contributed by atoms with van der Waals surface area (Å²) < 4.78 is 0. The average Bonchev–Trinajstić information content (AvgIpc) is 3.08. The number of benzene rings is 6. The highest BCUT2D eigenvalue weighted by molar-refractivity contribution is 6.23. The summed E-state index contributed by atoms with van der Waals surface area (Å²) in [6, 6.07) is 46.2. The minimum Gasteiger partial charge on any atom is -0.265 e. The second-order valence-corrected chi connectivity index (χ2v) is 10.3. The van der Waals surface area contributed by atoms with Crippen LogP contribution in [0.1, 0.15) is 0 Å². The van der Waals surface area contributed by atoms with Crippen molar-refractivity contribution >= 4 is 32.3 Å². The van der Waals surface area contributed by atoms with E-state index < -0.39 is 0 Å². The van der Waals surface area contributed by atoms with Crippen molar-refractivity contribution in [1.29, 1.82) is 0 Å². The molecule has 0 saturated heterocycles. The van der Waals surface area contributed by atoms with Crippen LogP contribution in [-0.4, -0.2) is 19.9 Å². The zero-order valence-electron chi connectivity index (χ0n) is 22.6. The maximum absolute atomic E-state index is 5.12. The van der Waals surface area contributed by atoms with E-state index in [-0.39, 0.29) is 0 Å². The Morgan fingerprint density at radius 2 is 0.976 bits per heavy atom. The summed E-state index contributed by atoms with van der Waals surface area (Å²) in [6.07, 6.45) is 3.62. The molecule has 0 amide bonds. The van der Waals surface area contributed by atoms with Gasteiger partial charge in [-0.3, -0.25) is 4.98 Å². The van der Waals surface area contributed by atoms with Crippen LogP contribution in [0, 0.1) is 0 Å². The second kappa shape index (κ2) is 10.0. The standard InChI is InChI=1S/C38H24N4/c1-2-10-27(11-3-1)36-40-37(30-13-8-12-28(23-30)25-19-21-39-22-20-25)42-38(41-36)34-24-29-18-17-26-9-4-5-14-31(26)35(29)33-16-7-6-15-32(33)34/h1-24H. The highest BCUT2D eigenvalue weighted by atomic mass is 15.0. The van der Waals surface area contributed by atoms with Gasteiger partial charge < -0.3 is 0 Å². The topological polar surface area (TPSA) is 51.6 Å². The first-order valence-corrected chi connectivity index (χ1v) is 14.0. The molecule has 0 bridgehead atoms.